The third-order valence-electron chi connectivity index (χ3n) is 4.06. The second-order valence-corrected chi connectivity index (χ2v) is 6.30. The molecule has 1 aliphatic rings. The van der Waals surface area contributed by atoms with Crippen LogP contribution in [0.2, 0.25) is 0 Å². The lowest BCUT2D eigenvalue weighted by atomic mass is 9.90. The number of benzene rings is 1. The second kappa shape index (κ2) is 6.64. The number of piperidine rings is 1. The first kappa shape index (κ1) is 15.4. The average molecular weight is 282 g/mol. The fraction of sp³-hybridized carbons (Fsp3) is 0.625. The van der Waals surface area contributed by atoms with E-state index in [1.54, 1.807) is 0 Å². The number of likely N-dealkylation sites (tertiary alicyclic amines) is 1. The van der Waals surface area contributed by atoms with Gasteiger partial charge in [0.25, 0.3) is 0 Å². The lowest BCUT2D eigenvalue weighted by Crippen LogP contribution is -2.42. The standard InChI is InChI=1S/C16H24F2N2/c1-11-3-12(2)9-20(8-11)10-14(7-19)13-4-15(17)6-16(18)5-13/h4-6,11-12,14H,3,7-10,19H2,1-2H3. The molecule has 0 aliphatic carbocycles. The van der Waals surface area contributed by atoms with Crippen molar-refractivity contribution < 1.29 is 8.78 Å². The summed E-state index contributed by atoms with van der Waals surface area (Å²) in [5.41, 5.74) is 6.48. The fourth-order valence-corrected chi connectivity index (χ4v) is 3.38. The van der Waals surface area contributed by atoms with Crippen LogP contribution in [0.15, 0.2) is 18.2 Å². The SMILES string of the molecule is CC1CC(C)CN(CC(CN)c2cc(F)cc(F)c2)C1. The van der Waals surface area contributed by atoms with Crippen molar-refractivity contribution in [1.29, 1.82) is 0 Å². The van der Waals surface area contributed by atoms with E-state index in [9.17, 15) is 8.78 Å². The van der Waals surface area contributed by atoms with Crippen molar-refractivity contribution in [3.05, 3.63) is 35.4 Å². The summed E-state index contributed by atoms with van der Waals surface area (Å²) in [6, 6.07) is 3.71. The second-order valence-electron chi connectivity index (χ2n) is 6.30. The molecule has 1 fully saturated rings. The van der Waals surface area contributed by atoms with Gasteiger partial charge in [-0.3, -0.25) is 0 Å². The van der Waals surface area contributed by atoms with Crippen molar-refractivity contribution in [2.24, 2.45) is 17.6 Å². The maximum atomic E-state index is 13.3. The zero-order chi connectivity index (χ0) is 14.7. The number of nitrogens with two attached hydrogens (primary N) is 1. The molecule has 2 nitrogen and oxygen atoms in total. The van der Waals surface area contributed by atoms with Crippen molar-refractivity contribution in [2.75, 3.05) is 26.2 Å². The fourth-order valence-electron chi connectivity index (χ4n) is 3.38. The zero-order valence-electron chi connectivity index (χ0n) is 12.3. The van der Waals surface area contributed by atoms with Gasteiger partial charge in [-0.15, -0.1) is 0 Å². The Labute approximate surface area is 120 Å². The van der Waals surface area contributed by atoms with Crippen LogP contribution in [0.3, 0.4) is 0 Å². The highest BCUT2D eigenvalue weighted by atomic mass is 19.1. The molecule has 20 heavy (non-hydrogen) atoms. The van der Waals surface area contributed by atoms with Gasteiger partial charge in [0, 0.05) is 38.2 Å². The molecule has 112 valence electrons. The third kappa shape index (κ3) is 4.00. The zero-order valence-corrected chi connectivity index (χ0v) is 12.3. The Morgan fingerprint density at radius 1 is 1.15 bits per heavy atom. The molecule has 4 heteroatoms. The molecule has 3 atom stereocenters. The van der Waals surface area contributed by atoms with Crippen molar-refractivity contribution in [3.8, 4) is 0 Å². The van der Waals surface area contributed by atoms with Gasteiger partial charge in [0.15, 0.2) is 0 Å². The molecule has 0 amide bonds. The smallest absolute Gasteiger partial charge is 0.126 e. The topological polar surface area (TPSA) is 29.3 Å². The van der Waals surface area contributed by atoms with E-state index in [-0.39, 0.29) is 5.92 Å². The summed E-state index contributed by atoms with van der Waals surface area (Å²) in [5.74, 6) is 0.262. The molecule has 0 aromatic heterocycles. The Hall–Kier alpha value is -1.00. The molecule has 1 aromatic rings. The maximum absolute atomic E-state index is 13.3. The highest BCUT2D eigenvalue weighted by Crippen LogP contribution is 2.25. The van der Waals surface area contributed by atoms with Crippen LogP contribution in [0.5, 0.6) is 0 Å². The van der Waals surface area contributed by atoms with Gasteiger partial charge >= 0.3 is 0 Å². The summed E-state index contributed by atoms with van der Waals surface area (Å²) < 4.78 is 26.7. The monoisotopic (exact) mass is 282 g/mol. The van der Waals surface area contributed by atoms with Gasteiger partial charge in [-0.25, -0.2) is 8.78 Å². The largest absolute Gasteiger partial charge is 0.330 e. The van der Waals surface area contributed by atoms with Crippen LogP contribution < -0.4 is 5.73 Å². The molecule has 0 bridgehead atoms. The molecule has 2 N–H and O–H groups in total. The van der Waals surface area contributed by atoms with Crippen LogP contribution in [-0.2, 0) is 0 Å². The molecule has 1 heterocycles. The van der Waals surface area contributed by atoms with Gasteiger partial charge in [-0.1, -0.05) is 13.8 Å². The van der Waals surface area contributed by atoms with E-state index in [1.807, 2.05) is 0 Å². The molecule has 0 saturated carbocycles. The van der Waals surface area contributed by atoms with Crippen molar-refractivity contribution in [1.82, 2.24) is 4.90 Å². The van der Waals surface area contributed by atoms with Crippen LogP contribution in [0.4, 0.5) is 8.78 Å². The van der Waals surface area contributed by atoms with Crippen LogP contribution >= 0.6 is 0 Å². The first-order valence-corrected chi connectivity index (χ1v) is 7.36. The number of nitrogens with zero attached hydrogens (tertiary/aromatic N) is 1. The van der Waals surface area contributed by atoms with E-state index in [0.717, 1.165) is 25.7 Å². The normalized spacial score (nSPS) is 25.6. The van der Waals surface area contributed by atoms with Crippen molar-refractivity contribution >= 4 is 0 Å². The van der Waals surface area contributed by atoms with Gasteiger partial charge in [-0.2, -0.15) is 0 Å². The highest BCUT2D eigenvalue weighted by Gasteiger charge is 2.24. The summed E-state index contributed by atoms with van der Waals surface area (Å²) in [4.78, 5) is 2.37. The first-order valence-electron chi connectivity index (χ1n) is 7.36. The van der Waals surface area contributed by atoms with Gasteiger partial charge in [0.05, 0.1) is 0 Å². The van der Waals surface area contributed by atoms with E-state index < -0.39 is 11.6 Å². The van der Waals surface area contributed by atoms with E-state index in [2.05, 4.69) is 18.7 Å². The summed E-state index contributed by atoms with van der Waals surface area (Å²) in [7, 11) is 0. The lowest BCUT2D eigenvalue weighted by molar-refractivity contribution is 0.134. The molecule has 1 saturated heterocycles. The minimum atomic E-state index is -0.529. The van der Waals surface area contributed by atoms with Gasteiger partial charge in [-0.05, 0) is 36.0 Å². The van der Waals surface area contributed by atoms with Gasteiger partial charge in [0.1, 0.15) is 11.6 Å². The van der Waals surface area contributed by atoms with Crippen LogP contribution in [0.1, 0.15) is 31.7 Å². The number of rotatable bonds is 4. The summed E-state index contributed by atoms with van der Waals surface area (Å²) in [6.07, 6.45) is 1.25. The van der Waals surface area contributed by atoms with Crippen molar-refractivity contribution in [3.63, 3.8) is 0 Å². The predicted octanol–water partition coefficient (Wildman–Crippen LogP) is 2.99. The van der Waals surface area contributed by atoms with Gasteiger partial charge < -0.3 is 10.6 Å². The Morgan fingerprint density at radius 2 is 1.70 bits per heavy atom. The molecule has 3 unspecified atom stereocenters. The third-order valence-corrected chi connectivity index (χ3v) is 4.06. The Kier molecular flexibility index (Phi) is 5.11. The van der Waals surface area contributed by atoms with E-state index >= 15 is 0 Å². The maximum Gasteiger partial charge on any atom is 0.126 e. The minimum Gasteiger partial charge on any atom is -0.330 e. The summed E-state index contributed by atoms with van der Waals surface area (Å²) in [5, 5.41) is 0. The average Bonchev–Trinajstić information content (AvgIpc) is 2.33. The number of hydrogen-bond donors (Lipinski definition) is 1. The predicted molar refractivity (Wildman–Crippen MR) is 77.5 cm³/mol. The number of hydrogen-bond acceptors (Lipinski definition) is 2. The molecule has 1 aliphatic heterocycles. The Morgan fingerprint density at radius 3 is 2.20 bits per heavy atom. The molecule has 0 radical (unpaired) electrons. The first-order chi connectivity index (χ1) is 9.47. The molecular weight excluding hydrogens is 258 g/mol. The van der Waals surface area contributed by atoms with Crippen LogP contribution in [0, 0.1) is 23.5 Å². The molecule has 0 spiro atoms. The Bertz CT molecular complexity index is 420. The van der Waals surface area contributed by atoms with Gasteiger partial charge in [0.2, 0.25) is 0 Å². The van der Waals surface area contributed by atoms with Crippen LogP contribution in [0.25, 0.3) is 0 Å². The highest BCUT2D eigenvalue weighted by molar-refractivity contribution is 5.22. The molecule has 1 aromatic carbocycles. The lowest BCUT2D eigenvalue weighted by Gasteiger charge is -2.37. The summed E-state index contributed by atoms with van der Waals surface area (Å²) in [6.45, 7) is 7.76. The van der Waals surface area contributed by atoms with Crippen LogP contribution in [-0.4, -0.2) is 31.1 Å². The quantitative estimate of drug-likeness (QED) is 0.920. The molecule has 2 rings (SSSR count). The van der Waals surface area contributed by atoms with E-state index in [1.165, 1.54) is 18.6 Å². The van der Waals surface area contributed by atoms with E-state index in [0.29, 0.717) is 23.9 Å². The molecular formula is C16H24F2N2. The number of halogens is 2. The van der Waals surface area contributed by atoms with Crippen molar-refractivity contribution in [2.45, 2.75) is 26.2 Å². The van der Waals surface area contributed by atoms with E-state index in [4.69, 9.17) is 5.73 Å². The minimum absolute atomic E-state index is 0.0160. The summed E-state index contributed by atoms with van der Waals surface area (Å²) >= 11 is 0. The Balaban J connectivity index is 2.08.